The van der Waals surface area contributed by atoms with Crippen LogP contribution in [-0.4, -0.2) is 33.9 Å². The van der Waals surface area contributed by atoms with Crippen LogP contribution in [0.2, 0.25) is 0 Å². The van der Waals surface area contributed by atoms with E-state index in [1.165, 1.54) is 19.3 Å². The van der Waals surface area contributed by atoms with Crippen LogP contribution in [0.1, 0.15) is 39.0 Å². The molecular formula is C17H23N3OS. The molecule has 4 nitrogen and oxygen atoms in total. The fourth-order valence-corrected chi connectivity index (χ4v) is 4.05. The van der Waals surface area contributed by atoms with Crippen LogP contribution in [0.15, 0.2) is 35.3 Å². The number of carbonyl (C=O) groups excluding carboxylic acids is 1. The van der Waals surface area contributed by atoms with Crippen molar-refractivity contribution in [3.8, 4) is 0 Å². The summed E-state index contributed by atoms with van der Waals surface area (Å²) in [5, 5.41) is 4.38. The Kier molecular flexibility index (Phi) is 5.03. The van der Waals surface area contributed by atoms with Crippen LogP contribution in [0.5, 0.6) is 0 Å². The van der Waals surface area contributed by atoms with E-state index in [2.05, 4.69) is 17.2 Å². The van der Waals surface area contributed by atoms with E-state index in [9.17, 15) is 4.79 Å². The molecular weight excluding hydrogens is 294 g/mol. The maximum absolute atomic E-state index is 12.8. The van der Waals surface area contributed by atoms with Crippen molar-refractivity contribution < 1.29 is 4.79 Å². The third-order valence-corrected chi connectivity index (χ3v) is 5.27. The summed E-state index contributed by atoms with van der Waals surface area (Å²) in [4.78, 5) is 19.3. The number of rotatable bonds is 2. The lowest BCUT2D eigenvalue weighted by Crippen LogP contribution is -2.46. The standard InChI is InChI=1S/C17H23N3OS/c1-13-12-18-17(22-13)20(15-10-6-3-7-11-15)16(21)19-14-8-4-2-5-9-14/h2,4-5,8-9,13,15H,3,6-7,10-12H2,1H3,(H,19,21). The predicted octanol–water partition coefficient (Wildman–Crippen LogP) is 4.34. The second-order valence-electron chi connectivity index (χ2n) is 6.01. The lowest BCUT2D eigenvalue weighted by atomic mass is 9.94. The van der Waals surface area contributed by atoms with Crippen molar-refractivity contribution in [3.63, 3.8) is 0 Å². The molecule has 0 aromatic heterocycles. The summed E-state index contributed by atoms with van der Waals surface area (Å²) in [7, 11) is 0. The number of amides is 2. The Morgan fingerprint density at radius 1 is 1.23 bits per heavy atom. The van der Waals surface area contributed by atoms with Crippen molar-refractivity contribution in [3.05, 3.63) is 30.3 Å². The van der Waals surface area contributed by atoms with Crippen molar-refractivity contribution in [2.45, 2.75) is 50.3 Å². The summed E-state index contributed by atoms with van der Waals surface area (Å²) < 4.78 is 0. The number of para-hydroxylation sites is 1. The van der Waals surface area contributed by atoms with Gasteiger partial charge in [0.15, 0.2) is 5.17 Å². The van der Waals surface area contributed by atoms with Crippen LogP contribution >= 0.6 is 11.8 Å². The number of urea groups is 1. The van der Waals surface area contributed by atoms with Crippen molar-refractivity contribution in [2.75, 3.05) is 11.9 Å². The fourth-order valence-electron chi connectivity index (χ4n) is 3.05. The van der Waals surface area contributed by atoms with Gasteiger partial charge in [-0.1, -0.05) is 56.1 Å². The number of amidine groups is 1. The van der Waals surface area contributed by atoms with E-state index >= 15 is 0 Å². The molecule has 5 heteroatoms. The van der Waals surface area contributed by atoms with Gasteiger partial charge in [0.2, 0.25) is 0 Å². The minimum absolute atomic E-state index is 0.0431. The van der Waals surface area contributed by atoms with Gasteiger partial charge in [0, 0.05) is 17.0 Å². The van der Waals surface area contributed by atoms with Gasteiger partial charge < -0.3 is 5.32 Å². The molecule has 1 heterocycles. The first-order chi connectivity index (χ1) is 10.7. The summed E-state index contributed by atoms with van der Waals surface area (Å²) in [6.07, 6.45) is 5.84. The topological polar surface area (TPSA) is 44.7 Å². The molecule has 2 amide bonds. The summed E-state index contributed by atoms with van der Waals surface area (Å²) in [5.74, 6) is 0. The van der Waals surface area contributed by atoms with Gasteiger partial charge in [0.05, 0.1) is 6.54 Å². The minimum Gasteiger partial charge on any atom is -0.307 e. The normalized spacial score (nSPS) is 22.2. The SMILES string of the molecule is CC1CN=C(N(C(=O)Nc2ccccc2)C2CCCCC2)S1. The Labute approximate surface area is 136 Å². The van der Waals surface area contributed by atoms with E-state index in [0.717, 1.165) is 30.2 Å². The number of anilines is 1. The minimum atomic E-state index is -0.0431. The molecule has 22 heavy (non-hydrogen) atoms. The van der Waals surface area contributed by atoms with Crippen LogP contribution in [0.4, 0.5) is 10.5 Å². The number of hydrogen-bond acceptors (Lipinski definition) is 3. The van der Waals surface area contributed by atoms with Crippen molar-refractivity contribution in [1.82, 2.24) is 4.90 Å². The Bertz CT molecular complexity index is 540. The van der Waals surface area contributed by atoms with Gasteiger partial charge in [0.25, 0.3) is 0 Å². The van der Waals surface area contributed by atoms with Crippen LogP contribution in [0, 0.1) is 0 Å². The lowest BCUT2D eigenvalue weighted by molar-refractivity contribution is 0.209. The number of thioether (sulfide) groups is 1. The number of nitrogens with zero attached hydrogens (tertiary/aromatic N) is 2. The van der Waals surface area contributed by atoms with Crippen LogP contribution in [0.25, 0.3) is 0 Å². The third kappa shape index (κ3) is 3.64. The largest absolute Gasteiger partial charge is 0.328 e. The second-order valence-corrected chi connectivity index (χ2v) is 7.42. The van der Waals surface area contributed by atoms with Gasteiger partial charge in [-0.25, -0.2) is 4.79 Å². The first-order valence-corrected chi connectivity index (χ1v) is 8.98. The Morgan fingerprint density at radius 3 is 2.59 bits per heavy atom. The molecule has 1 atom stereocenters. The summed E-state index contributed by atoms with van der Waals surface area (Å²) in [6.45, 7) is 2.97. The highest BCUT2D eigenvalue weighted by atomic mass is 32.2. The molecule has 1 unspecified atom stereocenters. The molecule has 118 valence electrons. The molecule has 3 rings (SSSR count). The van der Waals surface area contributed by atoms with E-state index in [1.54, 1.807) is 11.8 Å². The molecule has 1 aromatic carbocycles. The number of benzene rings is 1. The van der Waals surface area contributed by atoms with Gasteiger partial charge in [-0.05, 0) is 25.0 Å². The first kappa shape index (κ1) is 15.4. The van der Waals surface area contributed by atoms with Crippen molar-refractivity contribution >= 4 is 28.6 Å². The van der Waals surface area contributed by atoms with Gasteiger partial charge in [-0.15, -0.1) is 0 Å². The van der Waals surface area contributed by atoms with Crippen LogP contribution in [-0.2, 0) is 0 Å². The molecule has 1 aliphatic carbocycles. The Hall–Kier alpha value is -1.49. The van der Waals surface area contributed by atoms with Gasteiger partial charge in [0.1, 0.15) is 0 Å². The number of carbonyl (C=O) groups is 1. The molecule has 0 bridgehead atoms. The molecule has 2 aliphatic rings. The van der Waals surface area contributed by atoms with Gasteiger partial charge in [-0.2, -0.15) is 0 Å². The third-order valence-electron chi connectivity index (χ3n) is 4.18. The van der Waals surface area contributed by atoms with E-state index in [0.29, 0.717) is 5.25 Å². The zero-order chi connectivity index (χ0) is 15.4. The van der Waals surface area contributed by atoms with E-state index < -0.39 is 0 Å². The number of aliphatic imine (C=N–C) groups is 1. The predicted molar refractivity (Wildman–Crippen MR) is 93.5 cm³/mol. The summed E-state index contributed by atoms with van der Waals surface area (Å²) in [5.41, 5.74) is 0.838. The summed E-state index contributed by atoms with van der Waals surface area (Å²) >= 11 is 1.72. The quantitative estimate of drug-likeness (QED) is 0.881. The van der Waals surface area contributed by atoms with Crippen molar-refractivity contribution in [2.24, 2.45) is 4.99 Å². The highest BCUT2D eigenvalue weighted by molar-refractivity contribution is 8.14. The number of nitrogens with one attached hydrogen (secondary N) is 1. The zero-order valence-corrected chi connectivity index (χ0v) is 13.8. The average Bonchev–Trinajstić information content (AvgIpc) is 2.95. The molecule has 0 radical (unpaired) electrons. The Morgan fingerprint density at radius 2 is 1.95 bits per heavy atom. The van der Waals surface area contributed by atoms with Crippen LogP contribution in [0.3, 0.4) is 0 Å². The molecule has 1 aromatic rings. The molecule has 1 saturated carbocycles. The van der Waals surface area contributed by atoms with Crippen LogP contribution < -0.4 is 5.32 Å². The van der Waals surface area contributed by atoms with E-state index in [4.69, 9.17) is 0 Å². The lowest BCUT2D eigenvalue weighted by Gasteiger charge is -2.33. The fraction of sp³-hybridized carbons (Fsp3) is 0.529. The van der Waals surface area contributed by atoms with Crippen molar-refractivity contribution in [1.29, 1.82) is 0 Å². The summed E-state index contributed by atoms with van der Waals surface area (Å²) in [6, 6.07) is 9.90. The van der Waals surface area contributed by atoms with E-state index in [1.807, 2.05) is 35.2 Å². The van der Waals surface area contributed by atoms with E-state index in [-0.39, 0.29) is 12.1 Å². The number of hydrogen-bond donors (Lipinski definition) is 1. The molecule has 1 N–H and O–H groups in total. The highest BCUT2D eigenvalue weighted by Crippen LogP contribution is 2.30. The average molecular weight is 317 g/mol. The maximum Gasteiger partial charge on any atom is 0.328 e. The molecule has 1 fully saturated rings. The van der Waals surface area contributed by atoms with Gasteiger partial charge in [-0.3, -0.25) is 9.89 Å². The second kappa shape index (κ2) is 7.18. The molecule has 1 aliphatic heterocycles. The smallest absolute Gasteiger partial charge is 0.307 e. The maximum atomic E-state index is 12.8. The van der Waals surface area contributed by atoms with Gasteiger partial charge >= 0.3 is 6.03 Å². The monoisotopic (exact) mass is 317 g/mol. The first-order valence-electron chi connectivity index (χ1n) is 8.10. The zero-order valence-electron chi connectivity index (χ0n) is 13.0. The highest BCUT2D eigenvalue weighted by Gasteiger charge is 2.32. The molecule has 0 saturated heterocycles. The Balaban J connectivity index is 1.76. The molecule has 0 spiro atoms.